The van der Waals surface area contributed by atoms with E-state index in [0.717, 1.165) is 5.56 Å². The van der Waals surface area contributed by atoms with Gasteiger partial charge in [-0.25, -0.2) is 28.5 Å². The predicted molar refractivity (Wildman–Crippen MR) is 155 cm³/mol. The molecular formula is C23H28FN7O7P2S2. The molecule has 1 amide bonds. The van der Waals surface area contributed by atoms with Crippen LogP contribution in [-0.4, -0.2) is 62.5 Å². The summed E-state index contributed by atoms with van der Waals surface area (Å²) in [7, 11) is 0. The van der Waals surface area contributed by atoms with Crippen molar-refractivity contribution in [3.63, 3.8) is 0 Å². The zero-order chi connectivity index (χ0) is 29.8. The molecule has 14 nitrogen and oxygen atoms in total. The van der Waals surface area contributed by atoms with Crippen LogP contribution in [0.4, 0.5) is 10.2 Å². The van der Waals surface area contributed by atoms with Crippen LogP contribution in [0.1, 0.15) is 40.9 Å². The molecule has 42 heavy (non-hydrogen) atoms. The van der Waals surface area contributed by atoms with E-state index in [0.29, 0.717) is 17.6 Å². The highest BCUT2D eigenvalue weighted by molar-refractivity contribution is 8.44. The fourth-order valence-electron chi connectivity index (χ4n) is 5.97. The fourth-order valence-corrected chi connectivity index (χ4v) is 8.75. The van der Waals surface area contributed by atoms with Crippen LogP contribution in [-0.2, 0) is 27.2 Å². The van der Waals surface area contributed by atoms with Gasteiger partial charge in [0, 0.05) is 12.1 Å². The highest BCUT2D eigenvalue weighted by Crippen LogP contribution is 2.62. The van der Waals surface area contributed by atoms with Crippen molar-refractivity contribution in [2.75, 3.05) is 25.6 Å². The number of hydrogen-bond acceptors (Lipinski definition) is 12. The number of nitrogens with zero attached hydrogens (tertiary/aromatic N) is 5. The van der Waals surface area contributed by atoms with E-state index >= 15 is 4.39 Å². The maximum atomic E-state index is 16.1. The Morgan fingerprint density at radius 1 is 1.02 bits per heavy atom. The standard InChI is InChI=1S/C23H28FN7O7P2S2/c24-18-17(31-10-30-19-21(25)28-9-29-23(19)31)5-13-7-35-39(33,41)37-8-15-12(6-36-40(34,42)38-20(13)18)3-14(15)11-1-2-27-16(4-11)22(26)32/h1-2,4,9-10,12-15,17-18,20H,3,5-8H2,(H2,26,32)(H,33,41)(H,34,42)(H2,25,28,29)/t12-,13-,14+,15-,17-,18+,20-,39?,40?/m1/s1. The summed E-state index contributed by atoms with van der Waals surface area (Å²) in [5.74, 6) is -1.87. The third kappa shape index (κ3) is 5.85. The SMILES string of the molecule is NC(=O)c1cc([C@@H]2C[C@@H]3COP(=O)(S)O[C@@H]4[C@@H](COP(=O)(S)OC[C@H]32)C[C@@H](n2cnc3c(N)ncnc32)[C@@H]4F)ccn1. The number of imidazole rings is 1. The third-order valence-corrected chi connectivity index (χ3v) is 11.4. The molecule has 4 heterocycles. The van der Waals surface area contributed by atoms with E-state index in [4.69, 9.17) is 29.6 Å². The molecule has 19 heteroatoms. The van der Waals surface area contributed by atoms with Gasteiger partial charge >= 0.3 is 13.6 Å². The lowest BCUT2D eigenvalue weighted by molar-refractivity contribution is 0.0254. The maximum Gasteiger partial charge on any atom is 0.386 e. The lowest BCUT2D eigenvalue weighted by Crippen LogP contribution is -2.40. The van der Waals surface area contributed by atoms with Gasteiger partial charge in [-0.1, -0.05) is 24.5 Å². The van der Waals surface area contributed by atoms with Gasteiger partial charge in [-0.2, -0.15) is 0 Å². The van der Waals surface area contributed by atoms with Crippen molar-refractivity contribution in [1.82, 2.24) is 24.5 Å². The second-order valence-electron chi connectivity index (χ2n) is 10.6. The van der Waals surface area contributed by atoms with Crippen molar-refractivity contribution in [3.8, 4) is 0 Å². The van der Waals surface area contributed by atoms with Crippen LogP contribution in [0.3, 0.4) is 0 Å². The number of alkyl halides is 1. The summed E-state index contributed by atoms with van der Waals surface area (Å²) >= 11 is 8.30. The van der Waals surface area contributed by atoms with Crippen LogP contribution in [0, 0.1) is 17.8 Å². The number of nitrogens with two attached hydrogens (primary N) is 2. The minimum atomic E-state index is -4.07. The van der Waals surface area contributed by atoms with Crippen LogP contribution in [0.15, 0.2) is 31.0 Å². The number of carbonyl (C=O) groups excluding carboxylic acids is 1. The Morgan fingerprint density at radius 3 is 2.55 bits per heavy atom. The van der Waals surface area contributed by atoms with Gasteiger partial charge in [0.25, 0.3) is 5.91 Å². The Bertz CT molecular complexity index is 1620. The number of halogens is 1. The Hall–Kier alpha value is -2.10. The van der Waals surface area contributed by atoms with E-state index in [2.05, 4.69) is 44.4 Å². The molecule has 1 aliphatic heterocycles. The average molecular weight is 660 g/mol. The third-order valence-electron chi connectivity index (χ3n) is 8.17. The zero-order valence-electron chi connectivity index (χ0n) is 21.9. The number of aromatic nitrogens is 5. The molecule has 0 aromatic carbocycles. The summed E-state index contributed by atoms with van der Waals surface area (Å²) < 4.78 is 66.8. The number of fused-ring (bicyclic) bond motifs is 3. The molecule has 2 unspecified atom stereocenters. The number of hydrogen-bond donors (Lipinski definition) is 4. The Labute approximate surface area is 249 Å². The molecule has 2 saturated carbocycles. The number of carbonyl (C=O) groups is 1. The first kappa shape index (κ1) is 29.9. The van der Waals surface area contributed by atoms with Crippen molar-refractivity contribution in [2.45, 2.75) is 37.1 Å². The molecule has 0 spiro atoms. The molecule has 4 N–H and O–H groups in total. The van der Waals surface area contributed by atoms with Crippen molar-refractivity contribution >= 4 is 61.0 Å². The summed E-state index contributed by atoms with van der Waals surface area (Å²) in [6.07, 6.45) is 1.80. The van der Waals surface area contributed by atoms with E-state index < -0.39 is 43.7 Å². The van der Waals surface area contributed by atoms with Gasteiger partial charge in [-0.15, -0.1) is 0 Å². The molecule has 0 radical (unpaired) electrons. The van der Waals surface area contributed by atoms with Gasteiger partial charge in [0.1, 0.15) is 29.8 Å². The molecular weight excluding hydrogens is 631 g/mol. The molecule has 3 aromatic heterocycles. The Kier molecular flexibility index (Phi) is 8.15. The number of rotatable bonds is 3. The van der Waals surface area contributed by atoms with Gasteiger partial charge in [0.05, 0.1) is 32.2 Å². The molecule has 1 saturated heterocycles. The normalized spacial score (nSPS) is 37.5. The van der Waals surface area contributed by atoms with Crippen molar-refractivity contribution < 1.29 is 36.4 Å². The van der Waals surface area contributed by atoms with Crippen LogP contribution in [0.2, 0.25) is 0 Å². The van der Waals surface area contributed by atoms with E-state index in [9.17, 15) is 13.9 Å². The van der Waals surface area contributed by atoms with E-state index in [1.54, 1.807) is 12.1 Å². The molecule has 9 atom stereocenters. The average Bonchev–Trinajstić information content (AvgIpc) is 3.48. The van der Waals surface area contributed by atoms with Gasteiger partial charge < -0.3 is 29.6 Å². The fraction of sp³-hybridized carbons (Fsp3) is 0.522. The number of anilines is 1. The number of primary amides is 1. The van der Waals surface area contributed by atoms with Crippen molar-refractivity contribution in [2.24, 2.45) is 23.5 Å². The van der Waals surface area contributed by atoms with Gasteiger partial charge in [-0.05, 0) is 48.3 Å². The maximum absolute atomic E-state index is 16.1. The van der Waals surface area contributed by atoms with Gasteiger partial charge in [-0.3, -0.25) is 14.3 Å². The number of amides is 1. The monoisotopic (exact) mass is 659 g/mol. The summed E-state index contributed by atoms with van der Waals surface area (Å²) in [6.45, 7) is -8.32. The highest BCUT2D eigenvalue weighted by Gasteiger charge is 2.51. The summed E-state index contributed by atoms with van der Waals surface area (Å²) in [5.41, 5.74) is 12.8. The Morgan fingerprint density at radius 2 is 1.76 bits per heavy atom. The quantitative estimate of drug-likeness (QED) is 0.235. The number of nitrogen functional groups attached to an aromatic ring is 1. The second kappa shape index (κ2) is 11.4. The van der Waals surface area contributed by atoms with E-state index in [1.165, 1.54) is 23.4 Å². The molecule has 0 bridgehead atoms. The van der Waals surface area contributed by atoms with E-state index in [-0.39, 0.29) is 55.5 Å². The predicted octanol–water partition coefficient (Wildman–Crippen LogP) is 3.75. The van der Waals surface area contributed by atoms with Crippen LogP contribution >= 0.6 is 38.1 Å². The minimum absolute atomic E-state index is 0.0317. The van der Waals surface area contributed by atoms with Gasteiger partial charge in [0.15, 0.2) is 11.5 Å². The van der Waals surface area contributed by atoms with Crippen molar-refractivity contribution in [1.29, 1.82) is 0 Å². The Balaban J connectivity index is 1.24. The highest BCUT2D eigenvalue weighted by atomic mass is 32.7. The number of pyridine rings is 1. The first-order valence-electron chi connectivity index (χ1n) is 13.0. The topological polar surface area (TPSA) is 197 Å². The molecule has 3 aliphatic rings. The minimum Gasteiger partial charge on any atom is -0.382 e. The molecule has 3 aromatic rings. The molecule has 2 aliphatic carbocycles. The zero-order valence-corrected chi connectivity index (χ0v) is 25.5. The van der Waals surface area contributed by atoms with Crippen LogP contribution in [0.5, 0.6) is 0 Å². The second-order valence-corrected chi connectivity index (χ2v) is 16.4. The van der Waals surface area contributed by atoms with Crippen LogP contribution in [0.25, 0.3) is 11.2 Å². The summed E-state index contributed by atoms with van der Waals surface area (Å²) in [6, 6.07) is 2.49. The molecule has 3 fully saturated rings. The lowest BCUT2D eigenvalue weighted by Gasteiger charge is -2.45. The summed E-state index contributed by atoms with van der Waals surface area (Å²) in [5, 5.41) is 0. The van der Waals surface area contributed by atoms with Crippen molar-refractivity contribution in [3.05, 3.63) is 42.2 Å². The largest absolute Gasteiger partial charge is 0.386 e. The lowest BCUT2D eigenvalue weighted by atomic mass is 9.63. The molecule has 6 rings (SSSR count). The van der Waals surface area contributed by atoms with E-state index in [1.807, 2.05) is 0 Å². The number of thiol groups is 2. The molecule has 226 valence electrons. The summed E-state index contributed by atoms with van der Waals surface area (Å²) in [4.78, 5) is 27.9. The smallest absolute Gasteiger partial charge is 0.382 e. The van der Waals surface area contributed by atoms with Gasteiger partial charge in [0.2, 0.25) is 0 Å². The first-order chi connectivity index (χ1) is 19.9. The first-order valence-corrected chi connectivity index (χ1v) is 18.4. The van der Waals surface area contributed by atoms with Crippen LogP contribution < -0.4 is 11.5 Å².